The molecule has 5 nitrogen and oxygen atoms in total. The molecule has 0 aliphatic carbocycles. The van der Waals surface area contributed by atoms with Crippen LogP contribution in [-0.4, -0.2) is 32.0 Å². The van der Waals surface area contributed by atoms with Crippen LogP contribution in [0.1, 0.15) is 18.2 Å². The number of rotatable bonds is 3. The van der Waals surface area contributed by atoms with Crippen LogP contribution < -0.4 is 10.6 Å². The Labute approximate surface area is 111 Å². The van der Waals surface area contributed by atoms with Gasteiger partial charge in [0, 0.05) is 10.9 Å². The van der Waals surface area contributed by atoms with Gasteiger partial charge in [-0.1, -0.05) is 6.92 Å². The second-order valence-corrected chi connectivity index (χ2v) is 7.71. The molecule has 0 radical (unpaired) electrons. The molecule has 2 rings (SSSR count). The van der Waals surface area contributed by atoms with Crippen molar-refractivity contribution >= 4 is 32.2 Å². The van der Waals surface area contributed by atoms with E-state index in [1.807, 2.05) is 12.1 Å². The topological polar surface area (TPSA) is 75.3 Å². The molecule has 0 unspecified atom stereocenters. The van der Waals surface area contributed by atoms with Crippen molar-refractivity contribution in [3.05, 3.63) is 17.0 Å². The van der Waals surface area contributed by atoms with E-state index in [0.717, 1.165) is 11.4 Å². The van der Waals surface area contributed by atoms with Crippen LogP contribution in [0.3, 0.4) is 0 Å². The summed E-state index contributed by atoms with van der Waals surface area (Å²) in [4.78, 5) is 12.9. The van der Waals surface area contributed by atoms with Gasteiger partial charge in [0.2, 0.25) is 0 Å². The molecule has 0 aromatic carbocycles. The Morgan fingerprint density at radius 2 is 2.28 bits per heavy atom. The van der Waals surface area contributed by atoms with Gasteiger partial charge in [0.25, 0.3) is 0 Å². The Morgan fingerprint density at radius 1 is 1.50 bits per heavy atom. The molecule has 7 heteroatoms. The summed E-state index contributed by atoms with van der Waals surface area (Å²) < 4.78 is 22.5. The maximum atomic E-state index is 11.7. The highest BCUT2D eigenvalue weighted by molar-refractivity contribution is 7.91. The van der Waals surface area contributed by atoms with Crippen LogP contribution in [0.15, 0.2) is 12.1 Å². The molecule has 2 N–H and O–H groups in total. The zero-order valence-electron chi connectivity index (χ0n) is 10.1. The summed E-state index contributed by atoms with van der Waals surface area (Å²) in [6.45, 7) is 2.05. The fourth-order valence-electron chi connectivity index (χ4n) is 1.88. The zero-order valence-corrected chi connectivity index (χ0v) is 11.7. The summed E-state index contributed by atoms with van der Waals surface area (Å²) >= 11 is 1.53. The van der Waals surface area contributed by atoms with Gasteiger partial charge >= 0.3 is 6.03 Å². The molecule has 1 aromatic heterocycles. The molecule has 1 aliphatic heterocycles. The molecule has 1 saturated heterocycles. The number of hydrogen-bond acceptors (Lipinski definition) is 4. The summed E-state index contributed by atoms with van der Waals surface area (Å²) in [5.41, 5.74) is 0. The molecule has 1 aromatic rings. The van der Waals surface area contributed by atoms with Crippen LogP contribution in [-0.2, 0) is 16.3 Å². The third-order valence-corrected chi connectivity index (χ3v) is 5.73. The number of amides is 2. The summed E-state index contributed by atoms with van der Waals surface area (Å²) in [5, 5.41) is 6.19. The summed E-state index contributed by atoms with van der Waals surface area (Å²) in [6.07, 6.45) is 1.44. The number of carbonyl (C=O) groups excluding carboxylic acids is 1. The van der Waals surface area contributed by atoms with Crippen molar-refractivity contribution < 1.29 is 13.2 Å². The molecule has 1 aliphatic rings. The lowest BCUT2D eigenvalue weighted by molar-refractivity contribution is 0.249. The quantitative estimate of drug-likeness (QED) is 0.887. The van der Waals surface area contributed by atoms with Crippen LogP contribution in [0.5, 0.6) is 0 Å². The second-order valence-electron chi connectivity index (χ2n) is 4.32. The van der Waals surface area contributed by atoms with E-state index < -0.39 is 9.84 Å². The van der Waals surface area contributed by atoms with Crippen molar-refractivity contribution in [2.75, 3.05) is 16.8 Å². The number of hydrogen-bond donors (Lipinski definition) is 2. The van der Waals surface area contributed by atoms with E-state index >= 15 is 0 Å². The molecular weight excluding hydrogens is 272 g/mol. The lowest BCUT2D eigenvalue weighted by Gasteiger charge is -2.10. The number of thiophene rings is 1. The highest BCUT2D eigenvalue weighted by Crippen LogP contribution is 2.22. The molecule has 0 saturated carbocycles. The van der Waals surface area contributed by atoms with Gasteiger partial charge in [0.1, 0.15) is 0 Å². The number of carbonyl (C=O) groups is 1. The minimum absolute atomic E-state index is 0.0467. The summed E-state index contributed by atoms with van der Waals surface area (Å²) in [5.74, 6) is 0.210. The number of sulfone groups is 1. The third kappa shape index (κ3) is 3.46. The van der Waals surface area contributed by atoms with E-state index in [-0.39, 0.29) is 23.6 Å². The van der Waals surface area contributed by atoms with E-state index in [9.17, 15) is 13.2 Å². The fraction of sp³-hybridized carbons (Fsp3) is 0.545. The maximum Gasteiger partial charge on any atom is 0.320 e. The van der Waals surface area contributed by atoms with Gasteiger partial charge < -0.3 is 5.32 Å². The first-order chi connectivity index (χ1) is 8.48. The van der Waals surface area contributed by atoms with E-state index in [1.54, 1.807) is 0 Å². The highest BCUT2D eigenvalue weighted by atomic mass is 32.2. The minimum Gasteiger partial charge on any atom is -0.334 e. The number of nitrogens with one attached hydrogen (secondary N) is 2. The van der Waals surface area contributed by atoms with Gasteiger partial charge in [-0.05, 0) is 25.0 Å². The highest BCUT2D eigenvalue weighted by Gasteiger charge is 2.28. The second kappa shape index (κ2) is 5.27. The van der Waals surface area contributed by atoms with Gasteiger partial charge in [-0.3, -0.25) is 5.32 Å². The Kier molecular flexibility index (Phi) is 3.91. The number of anilines is 1. The first-order valence-electron chi connectivity index (χ1n) is 5.85. The van der Waals surface area contributed by atoms with E-state index in [1.165, 1.54) is 16.2 Å². The van der Waals surface area contributed by atoms with E-state index in [4.69, 9.17) is 0 Å². The van der Waals surface area contributed by atoms with Gasteiger partial charge in [0.15, 0.2) is 9.84 Å². The predicted molar refractivity (Wildman–Crippen MR) is 72.9 cm³/mol. The molecule has 100 valence electrons. The fourth-order valence-corrected chi connectivity index (χ4v) is 4.39. The van der Waals surface area contributed by atoms with Crippen LogP contribution in [0.2, 0.25) is 0 Å². The van der Waals surface area contributed by atoms with Crippen molar-refractivity contribution in [1.82, 2.24) is 5.32 Å². The van der Waals surface area contributed by atoms with Crippen LogP contribution in [0.4, 0.5) is 9.80 Å². The van der Waals surface area contributed by atoms with Gasteiger partial charge in [-0.2, -0.15) is 0 Å². The Hall–Kier alpha value is -1.08. The lowest BCUT2D eigenvalue weighted by atomic mass is 10.3. The van der Waals surface area contributed by atoms with Crippen molar-refractivity contribution in [3.8, 4) is 0 Å². The smallest absolute Gasteiger partial charge is 0.320 e. The maximum absolute atomic E-state index is 11.7. The molecule has 1 atom stereocenters. The first-order valence-corrected chi connectivity index (χ1v) is 8.49. The summed E-state index contributed by atoms with van der Waals surface area (Å²) in [6, 6.07) is 3.23. The van der Waals surface area contributed by atoms with Gasteiger partial charge in [-0.25, -0.2) is 13.2 Å². The standard InChI is InChI=1S/C11H16N2O3S2/c1-2-9-3-4-10(17-9)13-11(14)12-8-5-6-18(15,16)7-8/h3-4,8H,2,5-7H2,1H3,(H2,12,13,14)/t8-/m1/s1. The molecule has 0 spiro atoms. The van der Waals surface area contributed by atoms with Crippen molar-refractivity contribution in [3.63, 3.8) is 0 Å². The van der Waals surface area contributed by atoms with Gasteiger partial charge in [0.05, 0.1) is 16.5 Å². The molecule has 18 heavy (non-hydrogen) atoms. The SMILES string of the molecule is CCc1ccc(NC(=O)N[C@@H]2CCS(=O)(=O)C2)s1. The molecule has 2 heterocycles. The third-order valence-electron chi connectivity index (χ3n) is 2.81. The first kappa shape index (κ1) is 13.4. The van der Waals surface area contributed by atoms with E-state index in [2.05, 4.69) is 17.6 Å². The lowest BCUT2D eigenvalue weighted by Crippen LogP contribution is -2.38. The van der Waals surface area contributed by atoms with Crippen LogP contribution in [0.25, 0.3) is 0 Å². The molecular formula is C11H16N2O3S2. The monoisotopic (exact) mass is 288 g/mol. The van der Waals surface area contributed by atoms with Gasteiger partial charge in [-0.15, -0.1) is 11.3 Å². The number of urea groups is 1. The Bertz CT molecular complexity index is 536. The van der Waals surface area contributed by atoms with E-state index in [0.29, 0.717) is 6.42 Å². The molecule has 1 fully saturated rings. The molecule has 0 bridgehead atoms. The molecule has 2 amide bonds. The largest absolute Gasteiger partial charge is 0.334 e. The average Bonchev–Trinajstić information content (AvgIpc) is 2.85. The Morgan fingerprint density at radius 3 is 2.83 bits per heavy atom. The minimum atomic E-state index is -2.95. The number of aryl methyl sites for hydroxylation is 1. The van der Waals surface area contributed by atoms with Crippen molar-refractivity contribution in [1.29, 1.82) is 0 Å². The normalized spacial score (nSPS) is 21.7. The van der Waals surface area contributed by atoms with Crippen LogP contribution in [0, 0.1) is 0 Å². The summed E-state index contributed by atoms with van der Waals surface area (Å²) in [7, 11) is -2.95. The van der Waals surface area contributed by atoms with Crippen LogP contribution >= 0.6 is 11.3 Å². The Balaban J connectivity index is 1.86. The average molecular weight is 288 g/mol. The van der Waals surface area contributed by atoms with Crippen molar-refractivity contribution in [2.24, 2.45) is 0 Å². The predicted octanol–water partition coefficient (Wildman–Crippen LogP) is 1.62. The van der Waals surface area contributed by atoms with Crippen molar-refractivity contribution in [2.45, 2.75) is 25.8 Å². The zero-order chi connectivity index (χ0) is 13.2.